The first-order chi connectivity index (χ1) is 12.0. The Hall–Kier alpha value is -2.89. The number of nitrogens with one attached hydrogen (secondary N) is 1. The molecule has 0 fully saturated rings. The minimum absolute atomic E-state index is 0.0743. The lowest BCUT2D eigenvalue weighted by molar-refractivity contribution is -0.145. The van der Waals surface area contributed by atoms with Crippen molar-refractivity contribution in [1.29, 1.82) is 0 Å². The van der Waals surface area contributed by atoms with Crippen molar-refractivity contribution in [2.75, 3.05) is 11.9 Å². The van der Waals surface area contributed by atoms with E-state index in [-0.39, 0.29) is 5.75 Å². The predicted octanol–water partition coefficient (Wildman–Crippen LogP) is 4.13. The van der Waals surface area contributed by atoms with Crippen molar-refractivity contribution in [2.45, 2.75) is 26.7 Å². The Morgan fingerprint density at radius 1 is 1.28 bits per heavy atom. The molecule has 0 bridgehead atoms. The number of urea groups is 1. The van der Waals surface area contributed by atoms with Gasteiger partial charge in [0.25, 0.3) is 0 Å². The minimum Gasteiger partial charge on any atom is -0.507 e. The summed E-state index contributed by atoms with van der Waals surface area (Å²) < 4.78 is 5.07. The summed E-state index contributed by atoms with van der Waals surface area (Å²) in [5.74, 6) is -0.943. The second-order valence-electron chi connectivity index (χ2n) is 5.70. The smallest absolute Gasteiger partial charge is 0.345 e. The zero-order chi connectivity index (χ0) is 18.2. The van der Waals surface area contributed by atoms with E-state index in [1.807, 2.05) is 19.1 Å². The lowest BCUT2D eigenvalue weighted by atomic mass is 10.1. The van der Waals surface area contributed by atoms with Crippen molar-refractivity contribution in [2.24, 2.45) is 10.9 Å². The maximum Gasteiger partial charge on any atom is 0.345 e. The molecule has 0 aliphatic rings. The number of aliphatic imine (C=N–C) groups is 1. The lowest BCUT2D eigenvalue weighted by Gasteiger charge is -2.09. The number of carbonyl (C=O) groups excluding carboxylic acids is 2. The number of aromatic hydroxyl groups is 1. The summed E-state index contributed by atoms with van der Waals surface area (Å²) in [4.78, 5) is 27.5. The number of hydrogen-bond donors (Lipinski definition) is 2. The molecule has 0 spiro atoms. The largest absolute Gasteiger partial charge is 0.507 e. The van der Waals surface area contributed by atoms with E-state index in [1.165, 1.54) is 6.21 Å². The Labute approximate surface area is 146 Å². The van der Waals surface area contributed by atoms with Gasteiger partial charge >= 0.3 is 12.0 Å². The summed E-state index contributed by atoms with van der Waals surface area (Å²) in [6, 6.07) is 9.78. The number of phenols is 1. The number of rotatable bonds is 6. The number of unbranched alkanes of at least 4 members (excludes halogenated alkanes) is 1. The third-order valence-electron chi connectivity index (χ3n) is 3.65. The number of hydrogen-bond acceptors (Lipinski definition) is 4. The molecule has 2 aromatic carbocycles. The minimum atomic E-state index is -0.621. The van der Waals surface area contributed by atoms with Gasteiger partial charge in [-0.15, -0.1) is 0 Å². The number of anilines is 1. The Balaban J connectivity index is 2.02. The highest BCUT2D eigenvalue weighted by Gasteiger charge is 2.13. The van der Waals surface area contributed by atoms with E-state index in [0.29, 0.717) is 17.7 Å². The molecule has 0 saturated heterocycles. The lowest BCUT2D eigenvalue weighted by Crippen LogP contribution is -2.18. The molecule has 0 aliphatic carbocycles. The molecule has 132 valence electrons. The normalized spacial score (nSPS) is 12.2. The molecule has 0 saturated carbocycles. The van der Waals surface area contributed by atoms with Gasteiger partial charge in [0.15, 0.2) is 0 Å². The van der Waals surface area contributed by atoms with E-state index < -0.39 is 17.9 Å². The van der Waals surface area contributed by atoms with Crippen molar-refractivity contribution in [3.63, 3.8) is 0 Å². The Bertz CT molecular complexity index is 781. The van der Waals surface area contributed by atoms with Gasteiger partial charge in [-0.3, -0.25) is 4.79 Å². The van der Waals surface area contributed by atoms with Gasteiger partial charge in [-0.1, -0.05) is 37.6 Å². The fourth-order valence-corrected chi connectivity index (χ4v) is 2.26. The molecule has 0 heterocycles. The molecule has 1 atom stereocenters. The maximum atomic E-state index is 12.0. The molecule has 6 heteroatoms. The standard InChI is InChI=1S/C19H22N2O4/c1-3-4-11-25-18(23)13(2)12-20-19(24)21-15-9-5-7-14-8-6-10-16(22)17(14)15/h5-10,12-13,22H,3-4,11H2,1-2H3,(H,21,24). The summed E-state index contributed by atoms with van der Waals surface area (Å²) in [6.07, 6.45) is 3.01. The van der Waals surface area contributed by atoms with Crippen LogP contribution in [0.15, 0.2) is 41.4 Å². The average molecular weight is 342 g/mol. The molecule has 0 radical (unpaired) electrons. The molecule has 2 N–H and O–H groups in total. The van der Waals surface area contributed by atoms with Crippen LogP contribution in [0.1, 0.15) is 26.7 Å². The molecule has 2 aromatic rings. The molecular formula is C19H22N2O4. The maximum absolute atomic E-state index is 12.0. The average Bonchev–Trinajstić information content (AvgIpc) is 2.60. The number of benzene rings is 2. The highest BCUT2D eigenvalue weighted by atomic mass is 16.5. The summed E-state index contributed by atoms with van der Waals surface area (Å²) in [5.41, 5.74) is 0.455. The second-order valence-corrected chi connectivity index (χ2v) is 5.70. The first-order valence-electron chi connectivity index (χ1n) is 8.25. The monoisotopic (exact) mass is 342 g/mol. The second kappa shape index (κ2) is 8.82. The van der Waals surface area contributed by atoms with Crippen LogP contribution in [0.5, 0.6) is 5.75 Å². The van der Waals surface area contributed by atoms with Crippen LogP contribution in [0.2, 0.25) is 0 Å². The number of phenolic OH excluding ortho intramolecular Hbond substituents is 1. The van der Waals surface area contributed by atoms with E-state index >= 15 is 0 Å². The predicted molar refractivity (Wildman–Crippen MR) is 98.2 cm³/mol. The highest BCUT2D eigenvalue weighted by molar-refractivity contribution is 6.06. The first-order valence-corrected chi connectivity index (χ1v) is 8.25. The van der Waals surface area contributed by atoms with E-state index in [4.69, 9.17) is 4.74 Å². The van der Waals surface area contributed by atoms with Gasteiger partial charge in [-0.25, -0.2) is 9.79 Å². The van der Waals surface area contributed by atoms with Crippen LogP contribution < -0.4 is 5.32 Å². The molecule has 25 heavy (non-hydrogen) atoms. The zero-order valence-corrected chi connectivity index (χ0v) is 14.4. The number of carbonyl (C=O) groups is 2. The third-order valence-corrected chi connectivity index (χ3v) is 3.65. The van der Waals surface area contributed by atoms with Crippen molar-refractivity contribution < 1.29 is 19.4 Å². The molecule has 2 rings (SSSR count). The summed E-state index contributed by atoms with van der Waals surface area (Å²) >= 11 is 0. The van der Waals surface area contributed by atoms with Gasteiger partial charge in [0, 0.05) is 11.6 Å². The Morgan fingerprint density at radius 3 is 2.72 bits per heavy atom. The van der Waals surface area contributed by atoms with Crippen LogP contribution in [-0.4, -0.2) is 29.9 Å². The quantitative estimate of drug-likeness (QED) is 0.469. The van der Waals surface area contributed by atoms with Gasteiger partial charge in [0.1, 0.15) is 5.75 Å². The molecule has 2 amide bonds. The molecule has 0 aliphatic heterocycles. The van der Waals surface area contributed by atoms with Crippen LogP contribution in [-0.2, 0) is 9.53 Å². The van der Waals surface area contributed by atoms with Gasteiger partial charge < -0.3 is 15.2 Å². The summed E-state index contributed by atoms with van der Waals surface area (Å²) in [5, 5.41) is 14.0. The molecular weight excluding hydrogens is 320 g/mol. The van der Waals surface area contributed by atoms with Crippen LogP contribution in [0, 0.1) is 5.92 Å². The van der Waals surface area contributed by atoms with Gasteiger partial charge in [-0.2, -0.15) is 0 Å². The topological polar surface area (TPSA) is 88.0 Å². The SMILES string of the molecule is CCCCOC(=O)C(C)C=NC(=O)Nc1cccc2cccc(O)c12. The van der Waals surface area contributed by atoms with E-state index in [2.05, 4.69) is 10.3 Å². The van der Waals surface area contributed by atoms with E-state index in [0.717, 1.165) is 18.2 Å². The number of fused-ring (bicyclic) bond motifs is 1. The number of esters is 1. The molecule has 6 nitrogen and oxygen atoms in total. The summed E-state index contributed by atoms with van der Waals surface area (Å²) in [6.45, 7) is 4.00. The van der Waals surface area contributed by atoms with Crippen molar-refractivity contribution in [1.82, 2.24) is 0 Å². The van der Waals surface area contributed by atoms with Crippen LogP contribution in [0.4, 0.5) is 10.5 Å². The Kier molecular flexibility index (Phi) is 6.51. The zero-order valence-electron chi connectivity index (χ0n) is 14.4. The van der Waals surface area contributed by atoms with Crippen LogP contribution in [0.25, 0.3) is 10.8 Å². The van der Waals surface area contributed by atoms with Crippen molar-refractivity contribution in [3.8, 4) is 5.75 Å². The first kappa shape index (κ1) is 18.4. The van der Waals surface area contributed by atoms with Crippen molar-refractivity contribution in [3.05, 3.63) is 36.4 Å². The third kappa shape index (κ3) is 5.04. The van der Waals surface area contributed by atoms with E-state index in [9.17, 15) is 14.7 Å². The fourth-order valence-electron chi connectivity index (χ4n) is 2.26. The molecule has 1 unspecified atom stereocenters. The van der Waals surface area contributed by atoms with Crippen LogP contribution in [0.3, 0.4) is 0 Å². The number of nitrogens with zero attached hydrogens (tertiary/aromatic N) is 1. The van der Waals surface area contributed by atoms with Crippen LogP contribution >= 0.6 is 0 Å². The van der Waals surface area contributed by atoms with Gasteiger partial charge in [0.2, 0.25) is 0 Å². The Morgan fingerprint density at radius 2 is 2.00 bits per heavy atom. The fraction of sp³-hybridized carbons (Fsp3) is 0.316. The summed E-state index contributed by atoms with van der Waals surface area (Å²) in [7, 11) is 0. The van der Waals surface area contributed by atoms with Gasteiger partial charge in [-0.05, 0) is 30.9 Å². The van der Waals surface area contributed by atoms with E-state index in [1.54, 1.807) is 31.2 Å². The number of ether oxygens (including phenoxy) is 1. The molecule has 0 aromatic heterocycles. The highest BCUT2D eigenvalue weighted by Crippen LogP contribution is 2.31. The number of amides is 2. The van der Waals surface area contributed by atoms with Crippen molar-refractivity contribution >= 4 is 34.7 Å². The van der Waals surface area contributed by atoms with Gasteiger partial charge in [0.05, 0.1) is 18.2 Å².